The summed E-state index contributed by atoms with van der Waals surface area (Å²) >= 11 is 0. The number of rotatable bonds is 5. The SMILES string of the molecule is CC1CN(CC2CCN(C(=O)c3cnn(-c4ccc(F)cc4)c3C(C)C)CC2)CC(C)O1. The van der Waals surface area contributed by atoms with E-state index < -0.39 is 0 Å². The van der Waals surface area contributed by atoms with Crippen LogP contribution in [0.15, 0.2) is 30.5 Å². The Morgan fingerprint density at radius 2 is 1.75 bits per heavy atom. The van der Waals surface area contributed by atoms with Crippen molar-refractivity contribution in [3.8, 4) is 5.69 Å². The Bertz CT molecular complexity index is 909. The Hall–Kier alpha value is -2.25. The van der Waals surface area contributed by atoms with Crippen LogP contribution in [0.25, 0.3) is 5.69 Å². The minimum atomic E-state index is -0.285. The lowest BCUT2D eigenvalue weighted by Gasteiger charge is -2.39. The van der Waals surface area contributed by atoms with Gasteiger partial charge in [-0.25, -0.2) is 9.07 Å². The van der Waals surface area contributed by atoms with Crippen LogP contribution in [-0.2, 0) is 4.74 Å². The van der Waals surface area contributed by atoms with E-state index in [1.54, 1.807) is 23.0 Å². The zero-order valence-electron chi connectivity index (χ0n) is 19.6. The number of likely N-dealkylation sites (tertiary alicyclic amines) is 1. The third kappa shape index (κ3) is 5.04. The Labute approximate surface area is 190 Å². The molecule has 0 spiro atoms. The number of ether oxygens (including phenoxy) is 1. The number of hydrogen-bond donors (Lipinski definition) is 0. The molecular weight excluding hydrogens is 407 g/mol. The van der Waals surface area contributed by atoms with E-state index in [-0.39, 0.29) is 29.9 Å². The summed E-state index contributed by atoms with van der Waals surface area (Å²) in [6.07, 6.45) is 4.29. The molecule has 6 nitrogen and oxygen atoms in total. The number of carbonyl (C=O) groups is 1. The number of hydrogen-bond acceptors (Lipinski definition) is 4. The van der Waals surface area contributed by atoms with Gasteiger partial charge >= 0.3 is 0 Å². The average molecular weight is 443 g/mol. The number of halogens is 1. The molecule has 174 valence electrons. The van der Waals surface area contributed by atoms with Gasteiger partial charge in [0.15, 0.2) is 0 Å². The third-order valence-electron chi connectivity index (χ3n) is 6.57. The van der Waals surface area contributed by atoms with E-state index in [1.807, 2.05) is 4.90 Å². The number of aromatic nitrogens is 2. The monoisotopic (exact) mass is 442 g/mol. The molecule has 2 atom stereocenters. The van der Waals surface area contributed by atoms with Gasteiger partial charge in [-0.1, -0.05) is 13.8 Å². The number of carbonyl (C=O) groups excluding carboxylic acids is 1. The van der Waals surface area contributed by atoms with Gasteiger partial charge in [0, 0.05) is 32.7 Å². The molecule has 2 aliphatic heterocycles. The van der Waals surface area contributed by atoms with Gasteiger partial charge in [-0.3, -0.25) is 9.69 Å². The van der Waals surface area contributed by atoms with Crippen molar-refractivity contribution >= 4 is 5.91 Å². The minimum Gasteiger partial charge on any atom is -0.373 e. The second kappa shape index (κ2) is 9.71. The summed E-state index contributed by atoms with van der Waals surface area (Å²) < 4.78 is 21.0. The Morgan fingerprint density at radius 1 is 1.12 bits per heavy atom. The molecule has 2 aromatic rings. The number of piperidine rings is 1. The molecule has 2 fully saturated rings. The first-order chi connectivity index (χ1) is 15.3. The van der Waals surface area contributed by atoms with Crippen LogP contribution in [0.4, 0.5) is 4.39 Å². The quantitative estimate of drug-likeness (QED) is 0.700. The smallest absolute Gasteiger partial charge is 0.257 e. The van der Waals surface area contributed by atoms with E-state index in [0.29, 0.717) is 11.5 Å². The largest absolute Gasteiger partial charge is 0.373 e. The van der Waals surface area contributed by atoms with Crippen LogP contribution in [0.2, 0.25) is 0 Å². The third-order valence-corrected chi connectivity index (χ3v) is 6.57. The van der Waals surface area contributed by atoms with Gasteiger partial charge < -0.3 is 9.64 Å². The molecule has 32 heavy (non-hydrogen) atoms. The van der Waals surface area contributed by atoms with E-state index in [4.69, 9.17) is 4.74 Å². The standard InChI is InChI=1S/C25H35FN4O2/c1-17(2)24-23(13-27-30(24)22-7-5-21(26)6-8-22)25(31)29-11-9-20(10-12-29)16-28-14-18(3)32-19(4)15-28/h5-8,13,17-20H,9-12,14-16H2,1-4H3. The van der Waals surface area contributed by atoms with E-state index in [9.17, 15) is 9.18 Å². The van der Waals surface area contributed by atoms with Crippen molar-refractivity contribution in [2.24, 2.45) is 5.92 Å². The van der Waals surface area contributed by atoms with Gasteiger partial charge in [0.1, 0.15) is 5.82 Å². The Morgan fingerprint density at radius 3 is 2.34 bits per heavy atom. The van der Waals surface area contributed by atoms with Crippen LogP contribution in [0.1, 0.15) is 62.5 Å². The first kappa shape index (κ1) is 22.9. The van der Waals surface area contributed by atoms with Gasteiger partial charge in [-0.05, 0) is 62.8 Å². The van der Waals surface area contributed by atoms with Gasteiger partial charge in [0.05, 0.1) is 35.3 Å². The Kier molecular flexibility index (Phi) is 6.96. The molecule has 2 saturated heterocycles. The minimum absolute atomic E-state index is 0.0501. The normalized spacial score (nSPS) is 23.1. The van der Waals surface area contributed by atoms with Crippen molar-refractivity contribution in [1.29, 1.82) is 0 Å². The molecule has 2 unspecified atom stereocenters. The zero-order valence-corrected chi connectivity index (χ0v) is 19.6. The van der Waals surface area contributed by atoms with Gasteiger partial charge in [0.25, 0.3) is 5.91 Å². The maximum Gasteiger partial charge on any atom is 0.257 e. The molecule has 0 saturated carbocycles. The summed E-state index contributed by atoms with van der Waals surface area (Å²) in [5, 5.41) is 4.49. The summed E-state index contributed by atoms with van der Waals surface area (Å²) in [4.78, 5) is 17.9. The van der Waals surface area contributed by atoms with Gasteiger partial charge in [0.2, 0.25) is 0 Å². The summed E-state index contributed by atoms with van der Waals surface area (Å²) in [5.74, 6) is 0.494. The fourth-order valence-corrected chi connectivity index (χ4v) is 5.15. The number of morpholine rings is 1. The lowest BCUT2D eigenvalue weighted by atomic mass is 9.94. The number of benzene rings is 1. The summed E-state index contributed by atoms with van der Waals surface area (Å²) in [6, 6.07) is 6.23. The van der Waals surface area contributed by atoms with Crippen LogP contribution in [0.5, 0.6) is 0 Å². The van der Waals surface area contributed by atoms with E-state index >= 15 is 0 Å². The fourth-order valence-electron chi connectivity index (χ4n) is 5.15. The maximum absolute atomic E-state index is 13.4. The highest BCUT2D eigenvalue weighted by atomic mass is 19.1. The highest BCUT2D eigenvalue weighted by molar-refractivity contribution is 5.95. The first-order valence-corrected chi connectivity index (χ1v) is 11.8. The molecule has 0 aliphatic carbocycles. The molecule has 7 heteroatoms. The summed E-state index contributed by atoms with van der Waals surface area (Å²) in [5.41, 5.74) is 2.29. The van der Waals surface area contributed by atoms with Crippen LogP contribution >= 0.6 is 0 Å². The molecule has 3 heterocycles. The lowest BCUT2D eigenvalue weighted by molar-refractivity contribution is -0.0728. The molecule has 1 aromatic heterocycles. The van der Waals surface area contributed by atoms with Crippen molar-refractivity contribution in [3.63, 3.8) is 0 Å². The summed E-state index contributed by atoms with van der Waals surface area (Å²) in [7, 11) is 0. The first-order valence-electron chi connectivity index (χ1n) is 11.8. The predicted molar refractivity (Wildman–Crippen MR) is 123 cm³/mol. The van der Waals surface area contributed by atoms with E-state index in [2.05, 4.69) is 37.7 Å². The zero-order chi connectivity index (χ0) is 22.8. The van der Waals surface area contributed by atoms with Crippen molar-refractivity contribution in [2.75, 3.05) is 32.7 Å². The van der Waals surface area contributed by atoms with E-state index in [1.165, 1.54) is 12.1 Å². The Balaban J connectivity index is 1.41. The molecule has 1 aromatic carbocycles. The molecular formula is C25H35FN4O2. The number of nitrogens with zero attached hydrogens (tertiary/aromatic N) is 4. The lowest BCUT2D eigenvalue weighted by Crippen LogP contribution is -2.48. The van der Waals surface area contributed by atoms with Crippen molar-refractivity contribution in [3.05, 3.63) is 47.5 Å². The maximum atomic E-state index is 13.4. The predicted octanol–water partition coefficient (Wildman–Crippen LogP) is 4.10. The van der Waals surface area contributed by atoms with Crippen LogP contribution < -0.4 is 0 Å². The second-order valence-electron chi connectivity index (χ2n) is 9.70. The van der Waals surface area contributed by atoms with E-state index in [0.717, 1.165) is 56.9 Å². The van der Waals surface area contributed by atoms with Crippen LogP contribution in [0, 0.1) is 11.7 Å². The van der Waals surface area contributed by atoms with Crippen molar-refractivity contribution < 1.29 is 13.9 Å². The van der Waals surface area contributed by atoms with Crippen LogP contribution in [0.3, 0.4) is 0 Å². The highest BCUT2D eigenvalue weighted by Gasteiger charge is 2.30. The molecule has 0 N–H and O–H groups in total. The molecule has 0 radical (unpaired) electrons. The van der Waals surface area contributed by atoms with Crippen LogP contribution in [-0.4, -0.2) is 70.4 Å². The molecule has 1 amide bonds. The topological polar surface area (TPSA) is 50.6 Å². The van der Waals surface area contributed by atoms with Crippen molar-refractivity contribution in [2.45, 2.75) is 58.7 Å². The van der Waals surface area contributed by atoms with Gasteiger partial charge in [-0.2, -0.15) is 5.10 Å². The average Bonchev–Trinajstić information content (AvgIpc) is 3.19. The second-order valence-corrected chi connectivity index (χ2v) is 9.70. The fraction of sp³-hybridized carbons (Fsp3) is 0.600. The summed E-state index contributed by atoms with van der Waals surface area (Å²) in [6.45, 7) is 13.0. The number of amides is 1. The molecule has 2 aliphatic rings. The highest BCUT2D eigenvalue weighted by Crippen LogP contribution is 2.27. The molecule has 0 bridgehead atoms. The molecule has 4 rings (SSSR count). The van der Waals surface area contributed by atoms with Gasteiger partial charge in [-0.15, -0.1) is 0 Å². The van der Waals surface area contributed by atoms with Crippen molar-refractivity contribution in [1.82, 2.24) is 19.6 Å².